The van der Waals surface area contributed by atoms with Crippen molar-refractivity contribution in [2.75, 3.05) is 6.54 Å². The first-order valence-corrected chi connectivity index (χ1v) is 11.1. The van der Waals surface area contributed by atoms with E-state index in [9.17, 15) is 18.0 Å². The average Bonchev–Trinajstić information content (AvgIpc) is 2.65. The predicted octanol–water partition coefficient (Wildman–Crippen LogP) is 7.39. The molecule has 2 aromatic rings. The van der Waals surface area contributed by atoms with Crippen molar-refractivity contribution < 1.29 is 18.0 Å². The van der Waals surface area contributed by atoms with Gasteiger partial charge in [0.15, 0.2) is 0 Å². The van der Waals surface area contributed by atoms with E-state index in [-0.39, 0.29) is 5.78 Å². The number of thioether (sulfide) groups is 1. The van der Waals surface area contributed by atoms with Gasteiger partial charge < -0.3 is 10.1 Å². The summed E-state index contributed by atoms with van der Waals surface area (Å²) in [5.41, 5.74) is 0.652. The van der Waals surface area contributed by atoms with Gasteiger partial charge in [-0.3, -0.25) is 0 Å². The molecule has 0 unspecified atom stereocenters. The molecule has 0 fully saturated rings. The molecule has 2 aromatic carbocycles. The molecule has 0 saturated carbocycles. The molecule has 0 aliphatic heterocycles. The average molecular weight is 460 g/mol. The van der Waals surface area contributed by atoms with E-state index in [0.717, 1.165) is 37.0 Å². The van der Waals surface area contributed by atoms with Crippen LogP contribution in [0.15, 0.2) is 53.4 Å². The molecule has 0 radical (unpaired) electrons. The van der Waals surface area contributed by atoms with Gasteiger partial charge in [-0.05, 0) is 62.2 Å². The maximum atomic E-state index is 12.3. The van der Waals surface area contributed by atoms with E-state index in [1.54, 1.807) is 13.0 Å². The number of alkyl halides is 3. The monoisotopic (exact) mass is 459 g/mol. The summed E-state index contributed by atoms with van der Waals surface area (Å²) in [6.07, 6.45) is -1.52. The van der Waals surface area contributed by atoms with Gasteiger partial charge in [0, 0.05) is 28.1 Å². The third-order valence-electron chi connectivity index (χ3n) is 3.91. The Morgan fingerprint density at radius 3 is 2.33 bits per heavy atom. The van der Waals surface area contributed by atoms with Gasteiger partial charge in [-0.2, -0.15) is 13.2 Å². The van der Waals surface area contributed by atoms with Crippen LogP contribution in [0, 0.1) is 0 Å². The van der Waals surface area contributed by atoms with Gasteiger partial charge in [0.2, 0.25) is 0 Å². The van der Waals surface area contributed by atoms with Crippen molar-refractivity contribution in [3.8, 4) is 0 Å². The van der Waals surface area contributed by atoms with Gasteiger partial charge in [0.25, 0.3) is 0 Å². The molecule has 2 nitrogen and oxygen atoms in total. The summed E-state index contributed by atoms with van der Waals surface area (Å²) in [5, 5.41) is 4.40. The van der Waals surface area contributed by atoms with Crippen molar-refractivity contribution in [2.24, 2.45) is 0 Å². The van der Waals surface area contributed by atoms with Crippen molar-refractivity contribution >= 4 is 29.1 Å². The van der Waals surface area contributed by atoms with E-state index in [0.29, 0.717) is 16.6 Å². The second-order valence-electron chi connectivity index (χ2n) is 7.15. The number of hydrogen-bond donors (Lipinski definition) is 1. The zero-order valence-electron chi connectivity index (χ0n) is 17.6. The van der Waals surface area contributed by atoms with E-state index < -0.39 is 11.7 Å². The lowest BCUT2D eigenvalue weighted by Gasteiger charge is -2.09. The van der Waals surface area contributed by atoms with E-state index in [2.05, 4.69) is 5.32 Å². The summed E-state index contributed by atoms with van der Waals surface area (Å²) in [6.45, 7) is 7.35. The molecule has 0 saturated heterocycles. The van der Waals surface area contributed by atoms with Crippen LogP contribution in [0.4, 0.5) is 13.2 Å². The number of Topliss-reactive ketones (excluding diaryl/α,β-unsaturated/α-hetero) is 1. The molecule has 0 bridgehead atoms. The van der Waals surface area contributed by atoms with E-state index in [4.69, 9.17) is 11.6 Å². The van der Waals surface area contributed by atoms with Crippen LogP contribution in [-0.2, 0) is 17.5 Å². The Morgan fingerprint density at radius 2 is 1.77 bits per heavy atom. The van der Waals surface area contributed by atoms with Crippen molar-refractivity contribution in [3.05, 3.63) is 64.7 Å². The smallest absolute Gasteiger partial charge is 0.313 e. The van der Waals surface area contributed by atoms with E-state index in [1.165, 1.54) is 29.5 Å². The first kappa shape index (κ1) is 26.5. The molecule has 0 heterocycles. The lowest BCUT2D eigenvalue weighted by atomic mass is 10.2. The molecule has 0 amide bonds. The van der Waals surface area contributed by atoms with Crippen LogP contribution in [0.5, 0.6) is 0 Å². The minimum atomic E-state index is -4.24. The first-order valence-electron chi connectivity index (χ1n) is 9.86. The standard InChI is InChI=1S/C13H18ClNO.C10H11F3S/c1-11(16)4-2-3-9-15-10-12-5-7-13(14)8-6-12;1-7(2)14-9-5-3-4-8(6-9)10(11,12)13/h5-8,15H,2-4,9-10H2,1H3;3-7H,1-2H3. The molecular weight excluding hydrogens is 431 g/mol. The summed E-state index contributed by atoms with van der Waals surface area (Å²) < 4.78 is 36.9. The highest BCUT2D eigenvalue weighted by atomic mass is 35.5. The Balaban J connectivity index is 0.000000303. The number of ketones is 1. The Hall–Kier alpha value is -1.50. The third-order valence-corrected chi connectivity index (χ3v) is 5.16. The molecule has 0 aromatic heterocycles. The zero-order valence-corrected chi connectivity index (χ0v) is 19.1. The molecule has 0 aliphatic rings. The molecule has 0 spiro atoms. The Morgan fingerprint density at radius 1 is 1.10 bits per heavy atom. The highest BCUT2D eigenvalue weighted by Crippen LogP contribution is 2.32. The molecule has 1 N–H and O–H groups in total. The summed E-state index contributed by atoms with van der Waals surface area (Å²) in [4.78, 5) is 11.4. The third kappa shape index (κ3) is 12.3. The Kier molecular flexibility index (Phi) is 12.1. The molecule has 0 aliphatic carbocycles. The summed E-state index contributed by atoms with van der Waals surface area (Å²) in [5.74, 6) is 0.276. The van der Waals surface area contributed by atoms with Crippen LogP contribution >= 0.6 is 23.4 Å². The van der Waals surface area contributed by atoms with Crippen LogP contribution < -0.4 is 5.32 Å². The number of hydrogen-bond acceptors (Lipinski definition) is 3. The number of carbonyl (C=O) groups is 1. The normalized spacial score (nSPS) is 11.2. The SMILES string of the molecule is CC(=O)CCCCNCc1ccc(Cl)cc1.CC(C)Sc1cccc(C(F)(F)F)c1. The minimum Gasteiger partial charge on any atom is -0.313 e. The fourth-order valence-corrected chi connectivity index (χ4v) is 3.50. The first-order chi connectivity index (χ1) is 14.1. The fourth-order valence-electron chi connectivity index (χ4n) is 2.48. The fraction of sp³-hybridized carbons (Fsp3) is 0.435. The number of unbranched alkanes of at least 4 members (excludes halogenated alkanes) is 1. The number of halogens is 4. The predicted molar refractivity (Wildman–Crippen MR) is 120 cm³/mol. The Bertz CT molecular complexity index is 764. The van der Waals surface area contributed by atoms with Gasteiger partial charge in [-0.15, -0.1) is 11.8 Å². The van der Waals surface area contributed by atoms with Crippen molar-refractivity contribution in [1.29, 1.82) is 0 Å². The van der Waals surface area contributed by atoms with Gasteiger partial charge >= 0.3 is 6.18 Å². The van der Waals surface area contributed by atoms with E-state index >= 15 is 0 Å². The van der Waals surface area contributed by atoms with Gasteiger partial charge in [0.1, 0.15) is 5.78 Å². The summed E-state index contributed by atoms with van der Waals surface area (Å²) in [7, 11) is 0. The highest BCUT2D eigenvalue weighted by Gasteiger charge is 2.30. The van der Waals surface area contributed by atoms with Gasteiger partial charge in [0.05, 0.1) is 5.56 Å². The zero-order chi connectivity index (χ0) is 22.6. The second-order valence-corrected chi connectivity index (χ2v) is 9.24. The Labute approximate surface area is 186 Å². The number of rotatable bonds is 9. The number of benzene rings is 2. The lowest BCUT2D eigenvalue weighted by Crippen LogP contribution is -2.14. The minimum absolute atomic E-state index is 0.276. The van der Waals surface area contributed by atoms with Gasteiger partial charge in [-0.1, -0.05) is 43.6 Å². The molecular formula is C23H29ClF3NOS. The summed E-state index contributed by atoms with van der Waals surface area (Å²) >= 11 is 7.22. The van der Waals surface area contributed by atoms with Crippen LogP contribution in [0.2, 0.25) is 5.02 Å². The quantitative estimate of drug-likeness (QED) is 0.313. The molecule has 7 heteroatoms. The second kappa shape index (κ2) is 13.7. The maximum absolute atomic E-state index is 12.3. The number of carbonyl (C=O) groups excluding carboxylic acids is 1. The van der Waals surface area contributed by atoms with Crippen LogP contribution in [0.25, 0.3) is 0 Å². The highest BCUT2D eigenvalue weighted by molar-refractivity contribution is 7.99. The van der Waals surface area contributed by atoms with Crippen LogP contribution in [0.1, 0.15) is 51.2 Å². The van der Waals surface area contributed by atoms with Crippen LogP contribution in [0.3, 0.4) is 0 Å². The van der Waals surface area contributed by atoms with Crippen molar-refractivity contribution in [3.63, 3.8) is 0 Å². The van der Waals surface area contributed by atoms with Crippen LogP contribution in [-0.4, -0.2) is 17.6 Å². The van der Waals surface area contributed by atoms with Gasteiger partial charge in [-0.25, -0.2) is 0 Å². The van der Waals surface area contributed by atoms with E-state index in [1.807, 2.05) is 38.1 Å². The lowest BCUT2D eigenvalue weighted by molar-refractivity contribution is -0.137. The summed E-state index contributed by atoms with van der Waals surface area (Å²) in [6, 6.07) is 13.2. The molecule has 30 heavy (non-hydrogen) atoms. The van der Waals surface area contributed by atoms with Crippen molar-refractivity contribution in [1.82, 2.24) is 5.32 Å². The maximum Gasteiger partial charge on any atom is 0.416 e. The molecule has 2 rings (SSSR count). The molecule has 166 valence electrons. The topological polar surface area (TPSA) is 29.1 Å². The van der Waals surface area contributed by atoms with Crippen molar-refractivity contribution in [2.45, 2.75) is 62.9 Å². The largest absolute Gasteiger partial charge is 0.416 e. The number of nitrogens with one attached hydrogen (secondary N) is 1. The molecule has 0 atom stereocenters.